The summed E-state index contributed by atoms with van der Waals surface area (Å²) in [4.78, 5) is 10.9. The average Bonchev–Trinajstić information content (AvgIpc) is 2.88. The highest BCUT2D eigenvalue weighted by atomic mass is 28.4. The lowest BCUT2D eigenvalue weighted by Crippen LogP contribution is -2.67. The van der Waals surface area contributed by atoms with Crippen molar-refractivity contribution in [3.63, 3.8) is 0 Å². The van der Waals surface area contributed by atoms with Gasteiger partial charge >= 0.3 is 0 Å². The lowest BCUT2D eigenvalue weighted by molar-refractivity contribution is -0.104. The molecule has 1 atom stereocenters. The maximum absolute atomic E-state index is 10.9. The van der Waals surface area contributed by atoms with Gasteiger partial charge in [-0.2, -0.15) is 0 Å². The first kappa shape index (κ1) is 26.6. The topological polar surface area (TPSA) is 44.8 Å². The predicted octanol–water partition coefficient (Wildman–Crippen LogP) is 5.30. The molecule has 0 bridgehead atoms. The van der Waals surface area contributed by atoms with Crippen molar-refractivity contribution in [3.8, 4) is 5.75 Å². The van der Waals surface area contributed by atoms with Gasteiger partial charge in [-0.1, -0.05) is 99.6 Å². The Bertz CT molecular complexity index is 1020. The summed E-state index contributed by atoms with van der Waals surface area (Å²) < 4.78 is 18.6. The first-order valence-electron chi connectivity index (χ1n) is 12.0. The molecule has 0 amide bonds. The van der Waals surface area contributed by atoms with Crippen molar-refractivity contribution in [2.75, 3.05) is 13.7 Å². The van der Waals surface area contributed by atoms with Crippen molar-refractivity contribution in [1.29, 1.82) is 0 Å². The summed E-state index contributed by atoms with van der Waals surface area (Å²) in [5.41, 5.74) is 1.06. The number of methoxy groups -OCH3 is 1. The molecule has 35 heavy (non-hydrogen) atoms. The number of benzene rings is 3. The first-order valence-corrected chi connectivity index (χ1v) is 13.9. The van der Waals surface area contributed by atoms with Crippen LogP contribution in [0.4, 0.5) is 0 Å². The molecule has 0 N–H and O–H groups in total. The van der Waals surface area contributed by atoms with E-state index in [0.29, 0.717) is 19.6 Å². The van der Waals surface area contributed by atoms with Crippen LogP contribution in [0.25, 0.3) is 0 Å². The highest BCUT2D eigenvalue weighted by molar-refractivity contribution is 6.99. The van der Waals surface area contributed by atoms with Crippen LogP contribution in [0.1, 0.15) is 32.8 Å². The normalized spacial score (nSPS) is 13.0. The van der Waals surface area contributed by atoms with Gasteiger partial charge in [0.25, 0.3) is 8.32 Å². The molecular weight excluding hydrogens is 452 g/mol. The summed E-state index contributed by atoms with van der Waals surface area (Å²) in [5, 5.41) is 2.35. The molecule has 0 aliphatic carbocycles. The fraction of sp³-hybridized carbons (Fsp3) is 0.300. The van der Waals surface area contributed by atoms with E-state index >= 15 is 0 Å². The smallest absolute Gasteiger partial charge is 0.261 e. The number of hydrogen-bond donors (Lipinski definition) is 0. The molecule has 0 saturated heterocycles. The van der Waals surface area contributed by atoms with E-state index in [9.17, 15) is 4.79 Å². The molecule has 0 radical (unpaired) electrons. The second-order valence-electron chi connectivity index (χ2n) is 9.56. The first-order chi connectivity index (χ1) is 16.9. The molecule has 0 aliphatic heterocycles. The number of aldehydes is 1. The Morgan fingerprint density at radius 3 is 1.91 bits per heavy atom. The van der Waals surface area contributed by atoms with E-state index < -0.39 is 8.32 Å². The van der Waals surface area contributed by atoms with Gasteiger partial charge in [0.1, 0.15) is 12.0 Å². The van der Waals surface area contributed by atoms with Crippen molar-refractivity contribution in [2.45, 2.75) is 44.9 Å². The van der Waals surface area contributed by atoms with E-state index in [2.05, 4.69) is 69.3 Å². The molecule has 4 nitrogen and oxygen atoms in total. The summed E-state index contributed by atoms with van der Waals surface area (Å²) in [7, 11) is -1.01. The number of allylic oxidation sites excluding steroid dienone is 1. The third-order valence-electron chi connectivity index (χ3n) is 6.16. The summed E-state index contributed by atoms with van der Waals surface area (Å²) in [6.45, 7) is 7.66. The molecule has 0 aromatic heterocycles. The van der Waals surface area contributed by atoms with Crippen LogP contribution in [0.2, 0.25) is 5.04 Å². The SMILES string of the molecule is COc1ccc(CO[C@H](C/C=C/C=O)CO[Si](c2ccccc2)(c2ccccc2)C(C)(C)C)cc1. The highest BCUT2D eigenvalue weighted by Gasteiger charge is 2.50. The zero-order valence-corrected chi connectivity index (χ0v) is 22.1. The minimum absolute atomic E-state index is 0.116. The van der Waals surface area contributed by atoms with E-state index in [4.69, 9.17) is 13.9 Å². The largest absolute Gasteiger partial charge is 0.497 e. The van der Waals surface area contributed by atoms with Crippen LogP contribution in [-0.2, 0) is 20.6 Å². The Morgan fingerprint density at radius 2 is 1.43 bits per heavy atom. The molecule has 5 heteroatoms. The molecule has 3 aromatic carbocycles. The molecular formula is C30H36O4Si. The van der Waals surface area contributed by atoms with Crippen molar-refractivity contribution in [3.05, 3.63) is 103 Å². The van der Waals surface area contributed by atoms with Crippen molar-refractivity contribution in [1.82, 2.24) is 0 Å². The fourth-order valence-corrected chi connectivity index (χ4v) is 8.98. The van der Waals surface area contributed by atoms with Crippen LogP contribution in [0.5, 0.6) is 5.75 Å². The Labute approximate surface area is 210 Å². The number of hydrogen-bond acceptors (Lipinski definition) is 4. The second kappa shape index (κ2) is 12.6. The molecule has 0 saturated carbocycles. The van der Waals surface area contributed by atoms with Crippen LogP contribution in [-0.4, -0.2) is 34.4 Å². The minimum atomic E-state index is -2.67. The number of carbonyl (C=O) groups excluding carboxylic acids is 1. The van der Waals surface area contributed by atoms with Gasteiger partial charge < -0.3 is 13.9 Å². The van der Waals surface area contributed by atoms with Gasteiger partial charge in [-0.15, -0.1) is 0 Å². The second-order valence-corrected chi connectivity index (χ2v) is 13.9. The molecule has 0 spiro atoms. The van der Waals surface area contributed by atoms with Crippen molar-refractivity contribution < 1.29 is 18.7 Å². The Kier molecular flexibility index (Phi) is 9.61. The van der Waals surface area contributed by atoms with E-state index in [1.54, 1.807) is 7.11 Å². The molecule has 0 fully saturated rings. The molecule has 0 heterocycles. The average molecular weight is 489 g/mol. The third kappa shape index (κ3) is 6.79. The number of ether oxygens (including phenoxy) is 2. The van der Waals surface area contributed by atoms with Gasteiger partial charge in [-0.05, 0) is 45.6 Å². The minimum Gasteiger partial charge on any atom is -0.497 e. The van der Waals surface area contributed by atoms with Gasteiger partial charge in [-0.3, -0.25) is 4.79 Å². The summed E-state index contributed by atoms with van der Waals surface area (Å²) >= 11 is 0. The third-order valence-corrected chi connectivity index (χ3v) is 11.2. The van der Waals surface area contributed by atoms with Crippen LogP contribution < -0.4 is 15.1 Å². The van der Waals surface area contributed by atoms with Gasteiger partial charge in [-0.25, -0.2) is 0 Å². The van der Waals surface area contributed by atoms with Crippen LogP contribution >= 0.6 is 0 Å². The zero-order valence-electron chi connectivity index (χ0n) is 21.1. The summed E-state index contributed by atoms with van der Waals surface area (Å²) in [5.74, 6) is 0.814. The van der Waals surface area contributed by atoms with Crippen LogP contribution in [0.3, 0.4) is 0 Å². The molecule has 3 aromatic rings. The van der Waals surface area contributed by atoms with Crippen LogP contribution in [0.15, 0.2) is 97.1 Å². The van der Waals surface area contributed by atoms with Gasteiger partial charge in [0.15, 0.2) is 0 Å². The lowest BCUT2D eigenvalue weighted by atomic mass is 10.2. The lowest BCUT2D eigenvalue weighted by Gasteiger charge is -2.43. The van der Waals surface area contributed by atoms with E-state index in [-0.39, 0.29) is 11.1 Å². The zero-order chi connectivity index (χ0) is 25.2. The Hall–Kier alpha value is -2.99. The maximum Gasteiger partial charge on any atom is 0.261 e. The molecule has 0 aliphatic rings. The van der Waals surface area contributed by atoms with E-state index in [1.807, 2.05) is 42.5 Å². The summed E-state index contributed by atoms with van der Waals surface area (Å²) in [6, 6.07) is 29.0. The molecule has 184 valence electrons. The fourth-order valence-electron chi connectivity index (χ4n) is 4.39. The van der Waals surface area contributed by atoms with Gasteiger partial charge in [0.2, 0.25) is 0 Å². The van der Waals surface area contributed by atoms with Gasteiger partial charge in [0.05, 0.1) is 26.4 Å². The quantitative estimate of drug-likeness (QED) is 0.197. The maximum atomic E-state index is 10.9. The van der Waals surface area contributed by atoms with Gasteiger partial charge in [0, 0.05) is 0 Å². The van der Waals surface area contributed by atoms with E-state index in [1.165, 1.54) is 16.4 Å². The standard InChI is InChI=1S/C30H36O4Si/c1-30(2,3)35(28-14-7-5-8-15-28,29-16-9-6-10-17-29)34-24-27(13-11-12-22-31)33-23-25-18-20-26(32-4)21-19-25/h5-12,14-22,27H,13,23-24H2,1-4H3/b12-11+/t27-/m1/s1. The Morgan fingerprint density at radius 1 is 0.857 bits per heavy atom. The van der Waals surface area contributed by atoms with E-state index in [0.717, 1.165) is 17.6 Å². The van der Waals surface area contributed by atoms with Crippen molar-refractivity contribution in [2.24, 2.45) is 0 Å². The predicted molar refractivity (Wildman–Crippen MR) is 145 cm³/mol. The molecule has 3 rings (SSSR count). The monoisotopic (exact) mass is 488 g/mol. The van der Waals surface area contributed by atoms with Crippen molar-refractivity contribution >= 4 is 25.0 Å². The Balaban J connectivity index is 1.89. The van der Waals surface area contributed by atoms with Crippen LogP contribution in [0, 0.1) is 0 Å². The number of rotatable bonds is 12. The molecule has 0 unspecified atom stereocenters. The summed E-state index contributed by atoms with van der Waals surface area (Å²) in [6.07, 6.45) is 4.55. The highest BCUT2D eigenvalue weighted by Crippen LogP contribution is 2.37. The number of carbonyl (C=O) groups is 1.